The Kier molecular flexibility index (Phi) is 3.83. The number of benzene rings is 1. The first-order chi connectivity index (χ1) is 8.62. The highest BCUT2D eigenvalue weighted by atomic mass is 35.5. The largest absolute Gasteiger partial charge is 0.281 e. The van der Waals surface area contributed by atoms with Crippen LogP contribution in [-0.4, -0.2) is 35.0 Å². The van der Waals surface area contributed by atoms with Crippen LogP contribution in [0.1, 0.15) is 0 Å². The minimum Gasteiger partial charge on any atom is -0.281 e. The number of hydrogen-bond acceptors (Lipinski definition) is 4. The van der Waals surface area contributed by atoms with E-state index >= 15 is 0 Å². The Labute approximate surface area is 110 Å². The van der Waals surface area contributed by atoms with Crippen molar-refractivity contribution < 1.29 is 8.42 Å². The second-order valence-corrected chi connectivity index (χ2v) is 5.69. The lowest BCUT2D eigenvalue weighted by atomic mass is 10.3. The summed E-state index contributed by atoms with van der Waals surface area (Å²) >= 11 is 5.44. The lowest BCUT2D eigenvalue weighted by Crippen LogP contribution is -2.18. The SMILES string of the molecule is O=S(=O)(CCCl)Nc1ccccc1-n1ccnn1. The minimum atomic E-state index is -3.44. The highest BCUT2D eigenvalue weighted by Gasteiger charge is 2.13. The van der Waals surface area contributed by atoms with Gasteiger partial charge in [-0.1, -0.05) is 17.3 Å². The van der Waals surface area contributed by atoms with Gasteiger partial charge in [-0.25, -0.2) is 13.1 Å². The lowest BCUT2D eigenvalue weighted by molar-refractivity contribution is 0.602. The van der Waals surface area contributed by atoms with Crippen LogP contribution in [0.2, 0.25) is 0 Å². The predicted octanol–water partition coefficient (Wildman–Crippen LogP) is 1.25. The van der Waals surface area contributed by atoms with Crippen LogP contribution < -0.4 is 4.72 Å². The molecule has 0 saturated carbocycles. The van der Waals surface area contributed by atoms with Gasteiger partial charge >= 0.3 is 0 Å². The molecule has 96 valence electrons. The third-order valence-electron chi connectivity index (χ3n) is 2.18. The Morgan fingerprint density at radius 3 is 2.78 bits per heavy atom. The third-order valence-corrected chi connectivity index (χ3v) is 3.87. The maximum atomic E-state index is 11.7. The molecule has 0 aliphatic rings. The van der Waals surface area contributed by atoms with E-state index in [4.69, 9.17) is 11.6 Å². The molecule has 0 unspecified atom stereocenters. The van der Waals surface area contributed by atoms with Gasteiger partial charge in [0.15, 0.2) is 0 Å². The van der Waals surface area contributed by atoms with Crippen LogP contribution in [0.25, 0.3) is 5.69 Å². The van der Waals surface area contributed by atoms with E-state index in [-0.39, 0.29) is 11.6 Å². The molecule has 0 saturated heterocycles. The van der Waals surface area contributed by atoms with Gasteiger partial charge in [-0.3, -0.25) is 4.72 Å². The van der Waals surface area contributed by atoms with Gasteiger partial charge in [0.25, 0.3) is 0 Å². The number of alkyl halides is 1. The fourth-order valence-corrected chi connectivity index (χ4v) is 2.84. The molecule has 1 N–H and O–H groups in total. The highest BCUT2D eigenvalue weighted by Crippen LogP contribution is 2.19. The van der Waals surface area contributed by atoms with Crippen LogP contribution in [0, 0.1) is 0 Å². The lowest BCUT2D eigenvalue weighted by Gasteiger charge is -2.11. The molecule has 1 heterocycles. The van der Waals surface area contributed by atoms with Crippen molar-refractivity contribution in [2.24, 2.45) is 0 Å². The number of nitrogens with zero attached hydrogens (tertiary/aromatic N) is 3. The van der Waals surface area contributed by atoms with Gasteiger partial charge in [-0.05, 0) is 12.1 Å². The molecular weight excluding hydrogens is 276 g/mol. The van der Waals surface area contributed by atoms with E-state index in [0.717, 1.165) is 0 Å². The van der Waals surface area contributed by atoms with Crippen LogP contribution in [-0.2, 0) is 10.0 Å². The van der Waals surface area contributed by atoms with E-state index in [1.807, 2.05) is 0 Å². The summed E-state index contributed by atoms with van der Waals surface area (Å²) in [7, 11) is -3.44. The van der Waals surface area contributed by atoms with Gasteiger partial charge in [-0.2, -0.15) is 0 Å². The summed E-state index contributed by atoms with van der Waals surface area (Å²) < 4.78 is 27.3. The topological polar surface area (TPSA) is 76.9 Å². The summed E-state index contributed by atoms with van der Waals surface area (Å²) in [4.78, 5) is 0. The molecule has 0 atom stereocenters. The second kappa shape index (κ2) is 5.36. The summed E-state index contributed by atoms with van der Waals surface area (Å²) in [5.41, 5.74) is 1.04. The van der Waals surface area contributed by atoms with E-state index in [9.17, 15) is 8.42 Å². The predicted molar refractivity (Wildman–Crippen MR) is 69.5 cm³/mol. The number of halogens is 1. The number of hydrogen-bond donors (Lipinski definition) is 1. The first-order valence-corrected chi connectivity index (χ1v) is 7.33. The quantitative estimate of drug-likeness (QED) is 0.839. The van der Waals surface area contributed by atoms with Gasteiger partial charge in [-0.15, -0.1) is 16.7 Å². The van der Waals surface area contributed by atoms with E-state index in [2.05, 4.69) is 15.0 Å². The first-order valence-electron chi connectivity index (χ1n) is 5.14. The average molecular weight is 287 g/mol. The summed E-state index contributed by atoms with van der Waals surface area (Å²) in [6.07, 6.45) is 3.15. The molecule has 1 aromatic carbocycles. The molecule has 8 heteroatoms. The van der Waals surface area contributed by atoms with Crippen molar-refractivity contribution in [3.8, 4) is 5.69 Å². The van der Waals surface area contributed by atoms with E-state index in [1.165, 1.54) is 10.9 Å². The zero-order chi connectivity index (χ0) is 13.0. The van der Waals surface area contributed by atoms with E-state index in [0.29, 0.717) is 11.4 Å². The molecule has 2 aromatic rings. The minimum absolute atomic E-state index is 0.0425. The van der Waals surface area contributed by atoms with Crippen LogP contribution in [0.5, 0.6) is 0 Å². The Hall–Kier alpha value is -1.60. The smallest absolute Gasteiger partial charge is 0.233 e. The average Bonchev–Trinajstić information content (AvgIpc) is 2.82. The Balaban J connectivity index is 2.35. The number of anilines is 1. The van der Waals surface area contributed by atoms with Crippen molar-refractivity contribution in [3.05, 3.63) is 36.7 Å². The number of nitrogens with one attached hydrogen (secondary N) is 1. The summed E-state index contributed by atoms with van der Waals surface area (Å²) in [5.74, 6) is -0.0962. The maximum Gasteiger partial charge on any atom is 0.233 e. The van der Waals surface area contributed by atoms with Gasteiger partial charge in [0.05, 0.1) is 29.5 Å². The Morgan fingerprint density at radius 1 is 1.33 bits per heavy atom. The summed E-state index contributed by atoms with van der Waals surface area (Å²) in [5, 5.41) is 7.52. The molecule has 0 amide bonds. The zero-order valence-corrected chi connectivity index (χ0v) is 10.9. The number of aromatic nitrogens is 3. The van der Waals surface area contributed by atoms with Crippen LogP contribution in [0.4, 0.5) is 5.69 Å². The van der Waals surface area contributed by atoms with Gasteiger partial charge in [0, 0.05) is 5.88 Å². The molecule has 0 aliphatic heterocycles. The summed E-state index contributed by atoms with van der Waals surface area (Å²) in [6, 6.07) is 6.92. The molecule has 0 bridgehead atoms. The van der Waals surface area contributed by atoms with Crippen molar-refractivity contribution in [3.63, 3.8) is 0 Å². The van der Waals surface area contributed by atoms with Crippen molar-refractivity contribution in [1.82, 2.24) is 15.0 Å². The van der Waals surface area contributed by atoms with E-state index < -0.39 is 10.0 Å². The number of rotatable bonds is 5. The van der Waals surface area contributed by atoms with Crippen LogP contribution >= 0.6 is 11.6 Å². The maximum absolute atomic E-state index is 11.7. The zero-order valence-electron chi connectivity index (χ0n) is 9.32. The Bertz CT molecular complexity index is 613. The highest BCUT2D eigenvalue weighted by molar-refractivity contribution is 7.92. The monoisotopic (exact) mass is 286 g/mol. The van der Waals surface area contributed by atoms with Crippen molar-refractivity contribution >= 4 is 27.3 Å². The number of para-hydroxylation sites is 2. The second-order valence-electron chi connectivity index (χ2n) is 3.47. The molecule has 2 rings (SSSR count). The van der Waals surface area contributed by atoms with Crippen LogP contribution in [0.15, 0.2) is 36.7 Å². The Morgan fingerprint density at radius 2 is 2.11 bits per heavy atom. The normalized spacial score (nSPS) is 11.4. The van der Waals surface area contributed by atoms with Crippen molar-refractivity contribution in [2.75, 3.05) is 16.4 Å². The molecule has 6 nitrogen and oxygen atoms in total. The van der Waals surface area contributed by atoms with Crippen molar-refractivity contribution in [2.45, 2.75) is 0 Å². The molecule has 0 spiro atoms. The van der Waals surface area contributed by atoms with Crippen LogP contribution in [0.3, 0.4) is 0 Å². The molecular formula is C10H11ClN4O2S. The molecule has 1 aromatic heterocycles. The van der Waals surface area contributed by atoms with Gasteiger partial charge in [0.1, 0.15) is 0 Å². The molecule has 0 fully saturated rings. The first kappa shape index (κ1) is 12.8. The standard InChI is InChI=1S/C10H11ClN4O2S/c11-5-8-18(16,17)13-9-3-1-2-4-10(9)15-7-6-12-14-15/h1-4,6-7,13H,5,8H2. The molecule has 18 heavy (non-hydrogen) atoms. The fourth-order valence-electron chi connectivity index (χ4n) is 1.42. The van der Waals surface area contributed by atoms with Gasteiger partial charge < -0.3 is 0 Å². The number of sulfonamides is 1. The fraction of sp³-hybridized carbons (Fsp3) is 0.200. The van der Waals surface area contributed by atoms with Gasteiger partial charge in [0.2, 0.25) is 10.0 Å². The van der Waals surface area contributed by atoms with Crippen molar-refractivity contribution in [1.29, 1.82) is 0 Å². The molecule has 0 radical (unpaired) electrons. The van der Waals surface area contributed by atoms with E-state index in [1.54, 1.807) is 30.5 Å². The summed E-state index contributed by atoms with van der Waals surface area (Å²) in [6.45, 7) is 0. The third kappa shape index (κ3) is 2.99. The molecule has 0 aliphatic carbocycles.